The first-order chi connectivity index (χ1) is 7.00. The van der Waals surface area contributed by atoms with Crippen LogP contribution in [-0.4, -0.2) is 27.1 Å². The predicted molar refractivity (Wildman–Crippen MR) is 56.4 cm³/mol. The molecule has 1 amide bonds. The van der Waals surface area contributed by atoms with E-state index in [1.165, 1.54) is 13.3 Å². The summed E-state index contributed by atoms with van der Waals surface area (Å²) in [6, 6.07) is 1.70. The Balaban J connectivity index is 2.78. The van der Waals surface area contributed by atoms with Crippen molar-refractivity contribution in [1.29, 1.82) is 0 Å². The lowest BCUT2D eigenvalue weighted by Crippen LogP contribution is -2.25. The fourth-order valence-corrected chi connectivity index (χ4v) is 0.987. The first kappa shape index (κ1) is 11.6. The number of hydrogen-bond acceptors (Lipinski definition) is 4. The number of anilines is 1. The highest BCUT2D eigenvalue weighted by Crippen LogP contribution is 2.13. The average molecular weight is 209 g/mol. The molecule has 1 heterocycles. The highest BCUT2D eigenvalue weighted by atomic mass is 16.3. The fraction of sp³-hybridized carbons (Fsp3) is 0.500. The number of nitrogens with one attached hydrogen (secondary N) is 1. The number of carbonyl (C=O) groups is 1. The van der Waals surface area contributed by atoms with Crippen molar-refractivity contribution in [2.45, 2.75) is 32.8 Å². The molecule has 2 N–H and O–H groups in total. The Hall–Kier alpha value is -1.49. The number of hydrogen-bond donors (Lipinski definition) is 2. The minimum atomic E-state index is -1.04. The lowest BCUT2D eigenvalue weighted by molar-refractivity contribution is -0.123. The lowest BCUT2D eigenvalue weighted by Gasteiger charge is -2.08. The zero-order valence-corrected chi connectivity index (χ0v) is 9.06. The van der Waals surface area contributed by atoms with Crippen LogP contribution < -0.4 is 5.32 Å². The van der Waals surface area contributed by atoms with Gasteiger partial charge in [-0.2, -0.15) is 0 Å². The summed E-state index contributed by atoms with van der Waals surface area (Å²) in [5, 5.41) is 11.5. The van der Waals surface area contributed by atoms with Crippen molar-refractivity contribution in [2.24, 2.45) is 0 Å². The van der Waals surface area contributed by atoms with E-state index in [1.807, 2.05) is 13.8 Å². The summed E-state index contributed by atoms with van der Waals surface area (Å²) in [6.45, 7) is 5.41. The summed E-state index contributed by atoms with van der Waals surface area (Å²) in [5.74, 6) is 0.221. The second-order valence-electron chi connectivity index (χ2n) is 3.65. The molecule has 0 radical (unpaired) electrons. The molecule has 0 aliphatic rings. The van der Waals surface area contributed by atoms with Crippen LogP contribution in [0.1, 0.15) is 32.4 Å². The van der Waals surface area contributed by atoms with Gasteiger partial charge in [-0.25, -0.2) is 9.97 Å². The molecule has 5 nitrogen and oxygen atoms in total. The van der Waals surface area contributed by atoms with Crippen LogP contribution in [0.2, 0.25) is 0 Å². The van der Waals surface area contributed by atoms with Gasteiger partial charge in [-0.3, -0.25) is 4.79 Å². The number of nitrogens with zero attached hydrogens (tertiary/aromatic N) is 2. The van der Waals surface area contributed by atoms with Crippen molar-refractivity contribution >= 4 is 11.7 Å². The normalized spacial score (nSPS) is 12.6. The topological polar surface area (TPSA) is 75.1 Å². The van der Waals surface area contributed by atoms with Crippen molar-refractivity contribution in [2.75, 3.05) is 5.32 Å². The second-order valence-corrected chi connectivity index (χ2v) is 3.65. The first-order valence-corrected chi connectivity index (χ1v) is 4.81. The maximum atomic E-state index is 11.2. The fourth-order valence-electron chi connectivity index (χ4n) is 0.987. The molecule has 1 rings (SSSR count). The molecule has 1 unspecified atom stereocenters. The third-order valence-corrected chi connectivity index (χ3v) is 1.91. The molecule has 0 bridgehead atoms. The summed E-state index contributed by atoms with van der Waals surface area (Å²) in [4.78, 5) is 19.1. The van der Waals surface area contributed by atoms with Crippen molar-refractivity contribution in [3.05, 3.63) is 18.1 Å². The molecule has 82 valence electrons. The van der Waals surface area contributed by atoms with Crippen LogP contribution >= 0.6 is 0 Å². The van der Waals surface area contributed by atoms with Crippen LogP contribution in [0.4, 0.5) is 5.82 Å². The Morgan fingerprint density at radius 1 is 1.40 bits per heavy atom. The van der Waals surface area contributed by atoms with E-state index in [9.17, 15) is 4.79 Å². The summed E-state index contributed by atoms with van der Waals surface area (Å²) in [6.07, 6.45) is 0.356. The van der Waals surface area contributed by atoms with E-state index in [-0.39, 0.29) is 5.92 Å². The highest BCUT2D eigenvalue weighted by Gasteiger charge is 2.10. The first-order valence-electron chi connectivity index (χ1n) is 4.81. The van der Waals surface area contributed by atoms with Crippen LogP contribution in [0.15, 0.2) is 12.4 Å². The van der Waals surface area contributed by atoms with Gasteiger partial charge in [-0.1, -0.05) is 13.8 Å². The van der Waals surface area contributed by atoms with Gasteiger partial charge in [0.25, 0.3) is 5.91 Å². The molecule has 1 aromatic rings. The monoisotopic (exact) mass is 209 g/mol. The molecule has 0 aliphatic heterocycles. The third-order valence-electron chi connectivity index (χ3n) is 1.91. The molecule has 0 aliphatic carbocycles. The molecule has 5 heteroatoms. The van der Waals surface area contributed by atoms with Gasteiger partial charge in [0.1, 0.15) is 18.2 Å². The van der Waals surface area contributed by atoms with Gasteiger partial charge in [-0.05, 0) is 12.8 Å². The van der Waals surface area contributed by atoms with Gasteiger partial charge < -0.3 is 10.4 Å². The molecule has 0 saturated heterocycles. The SMILES string of the molecule is CC(O)C(=O)Nc1cc(C(C)C)ncn1. The molecule has 1 atom stereocenters. The number of aliphatic hydroxyl groups is 1. The number of rotatable bonds is 3. The predicted octanol–water partition coefficient (Wildman–Crippen LogP) is 0.919. The van der Waals surface area contributed by atoms with Crippen LogP contribution in [0.5, 0.6) is 0 Å². The molecule has 0 spiro atoms. The minimum Gasteiger partial charge on any atom is -0.384 e. The highest BCUT2D eigenvalue weighted by molar-refractivity contribution is 5.92. The Labute approximate surface area is 88.6 Å². The minimum absolute atomic E-state index is 0.273. The summed E-state index contributed by atoms with van der Waals surface area (Å²) in [7, 11) is 0. The van der Waals surface area contributed by atoms with Crippen LogP contribution in [0.25, 0.3) is 0 Å². The zero-order chi connectivity index (χ0) is 11.4. The van der Waals surface area contributed by atoms with Crippen molar-refractivity contribution in [3.63, 3.8) is 0 Å². The number of amides is 1. The van der Waals surface area contributed by atoms with E-state index in [0.29, 0.717) is 5.82 Å². The molecular formula is C10H15N3O2. The van der Waals surface area contributed by atoms with Crippen LogP contribution in [-0.2, 0) is 4.79 Å². The van der Waals surface area contributed by atoms with E-state index in [2.05, 4.69) is 15.3 Å². The Morgan fingerprint density at radius 3 is 2.60 bits per heavy atom. The van der Waals surface area contributed by atoms with E-state index < -0.39 is 12.0 Å². The molecule has 0 aromatic carbocycles. The zero-order valence-electron chi connectivity index (χ0n) is 9.06. The van der Waals surface area contributed by atoms with E-state index >= 15 is 0 Å². The van der Waals surface area contributed by atoms with E-state index in [4.69, 9.17) is 5.11 Å². The van der Waals surface area contributed by atoms with E-state index in [1.54, 1.807) is 6.07 Å². The largest absolute Gasteiger partial charge is 0.384 e. The summed E-state index contributed by atoms with van der Waals surface area (Å²) in [5.41, 5.74) is 0.853. The summed E-state index contributed by atoms with van der Waals surface area (Å²) >= 11 is 0. The Bertz CT molecular complexity index is 350. The number of carbonyl (C=O) groups excluding carboxylic acids is 1. The molecule has 1 aromatic heterocycles. The molecule has 0 saturated carbocycles. The van der Waals surface area contributed by atoms with Gasteiger partial charge in [-0.15, -0.1) is 0 Å². The maximum absolute atomic E-state index is 11.2. The van der Waals surface area contributed by atoms with Crippen molar-refractivity contribution < 1.29 is 9.90 Å². The number of aromatic nitrogens is 2. The second kappa shape index (κ2) is 4.84. The van der Waals surface area contributed by atoms with Gasteiger partial charge in [0.2, 0.25) is 0 Å². The number of aliphatic hydroxyl groups excluding tert-OH is 1. The third kappa shape index (κ3) is 3.28. The van der Waals surface area contributed by atoms with Gasteiger partial charge in [0.05, 0.1) is 0 Å². The maximum Gasteiger partial charge on any atom is 0.254 e. The average Bonchev–Trinajstić information content (AvgIpc) is 2.18. The van der Waals surface area contributed by atoms with Crippen LogP contribution in [0.3, 0.4) is 0 Å². The quantitative estimate of drug-likeness (QED) is 0.776. The van der Waals surface area contributed by atoms with Gasteiger partial charge in [0, 0.05) is 11.8 Å². The van der Waals surface area contributed by atoms with Crippen LogP contribution in [0, 0.1) is 0 Å². The Kier molecular flexibility index (Phi) is 3.74. The summed E-state index contributed by atoms with van der Waals surface area (Å²) < 4.78 is 0. The van der Waals surface area contributed by atoms with Crippen molar-refractivity contribution in [3.8, 4) is 0 Å². The van der Waals surface area contributed by atoms with E-state index in [0.717, 1.165) is 5.69 Å². The molecular weight excluding hydrogens is 194 g/mol. The lowest BCUT2D eigenvalue weighted by atomic mass is 10.1. The molecule has 0 fully saturated rings. The van der Waals surface area contributed by atoms with Crippen molar-refractivity contribution in [1.82, 2.24) is 9.97 Å². The van der Waals surface area contributed by atoms with Gasteiger partial charge >= 0.3 is 0 Å². The Morgan fingerprint density at radius 2 is 2.07 bits per heavy atom. The standard InChI is InChI=1S/C10H15N3O2/c1-6(2)8-4-9(12-5-11-8)13-10(15)7(3)14/h4-7,14H,1-3H3,(H,11,12,13,15). The smallest absolute Gasteiger partial charge is 0.254 e. The van der Waals surface area contributed by atoms with Gasteiger partial charge in [0.15, 0.2) is 0 Å². The molecule has 15 heavy (non-hydrogen) atoms.